The molecule has 2 bridgehead atoms. The topological polar surface area (TPSA) is 80.1 Å². The van der Waals surface area contributed by atoms with Crippen LogP contribution in [0.3, 0.4) is 0 Å². The Morgan fingerprint density at radius 1 is 1.15 bits per heavy atom. The fraction of sp³-hybridized carbons (Fsp3) is 0.737. The van der Waals surface area contributed by atoms with Gasteiger partial charge in [0.2, 0.25) is 5.09 Å². The Morgan fingerprint density at radius 2 is 1.85 bits per heavy atom. The first-order valence-electron chi connectivity index (χ1n) is 9.59. The summed E-state index contributed by atoms with van der Waals surface area (Å²) in [5.41, 5.74) is 0.331. The van der Waals surface area contributed by atoms with Gasteiger partial charge < -0.3 is 14.1 Å². The van der Waals surface area contributed by atoms with Crippen molar-refractivity contribution in [2.24, 2.45) is 10.8 Å². The van der Waals surface area contributed by atoms with Crippen LogP contribution >= 0.6 is 0 Å². The van der Waals surface area contributed by atoms with Gasteiger partial charge in [-0.1, -0.05) is 20.8 Å². The van der Waals surface area contributed by atoms with Gasteiger partial charge in [-0.25, -0.2) is 8.42 Å². The van der Waals surface area contributed by atoms with Crippen molar-refractivity contribution in [2.45, 2.75) is 51.2 Å². The number of sulfonamides is 1. The van der Waals surface area contributed by atoms with E-state index >= 15 is 0 Å². The Kier molecular flexibility index (Phi) is 4.44. The third kappa shape index (κ3) is 3.43. The summed E-state index contributed by atoms with van der Waals surface area (Å²) in [5, 5.41) is -0.165. The summed E-state index contributed by atoms with van der Waals surface area (Å²) >= 11 is 0. The van der Waals surface area contributed by atoms with E-state index in [0.717, 1.165) is 19.3 Å². The van der Waals surface area contributed by atoms with Gasteiger partial charge in [0.15, 0.2) is 5.76 Å². The molecule has 1 aromatic rings. The lowest BCUT2D eigenvalue weighted by atomic mass is 9.65. The first-order chi connectivity index (χ1) is 12.6. The van der Waals surface area contributed by atoms with E-state index in [9.17, 15) is 13.2 Å². The molecular weight excluding hydrogens is 368 g/mol. The number of rotatable bonds is 3. The number of nitrogens with zero attached hydrogens (tertiary/aromatic N) is 2. The zero-order chi connectivity index (χ0) is 19.4. The zero-order valence-corrected chi connectivity index (χ0v) is 17.0. The first kappa shape index (κ1) is 19.0. The molecule has 0 N–H and O–H groups in total. The highest BCUT2D eigenvalue weighted by atomic mass is 32.2. The molecule has 0 radical (unpaired) electrons. The second kappa shape index (κ2) is 6.32. The maximum atomic E-state index is 13.1. The summed E-state index contributed by atoms with van der Waals surface area (Å²) in [6.07, 6.45) is 3.06. The molecule has 0 aromatic carbocycles. The van der Waals surface area contributed by atoms with Crippen LogP contribution in [0.2, 0.25) is 0 Å². The fourth-order valence-electron chi connectivity index (χ4n) is 5.33. The van der Waals surface area contributed by atoms with Crippen molar-refractivity contribution in [1.29, 1.82) is 0 Å². The molecule has 7 nitrogen and oxygen atoms in total. The van der Waals surface area contributed by atoms with Crippen LogP contribution in [0.15, 0.2) is 21.6 Å². The predicted molar refractivity (Wildman–Crippen MR) is 98.8 cm³/mol. The molecule has 150 valence electrons. The number of carbonyl (C=O) groups excluding carboxylic acids is 1. The van der Waals surface area contributed by atoms with Crippen molar-refractivity contribution in [3.05, 3.63) is 17.9 Å². The number of likely N-dealkylation sites (tertiary alicyclic amines) is 1. The average Bonchev–Trinajstić information content (AvgIpc) is 3.17. The lowest BCUT2D eigenvalue weighted by Gasteiger charge is -2.39. The maximum absolute atomic E-state index is 13.1. The molecule has 2 unspecified atom stereocenters. The lowest BCUT2D eigenvalue weighted by molar-refractivity contribution is 0.0665. The quantitative estimate of drug-likeness (QED) is 0.783. The molecule has 1 aromatic heterocycles. The fourth-order valence-corrected chi connectivity index (χ4v) is 6.65. The van der Waals surface area contributed by atoms with Gasteiger partial charge in [-0.2, -0.15) is 4.31 Å². The number of ether oxygens (including phenoxy) is 1. The van der Waals surface area contributed by atoms with Crippen molar-refractivity contribution in [2.75, 3.05) is 32.8 Å². The van der Waals surface area contributed by atoms with Crippen molar-refractivity contribution < 1.29 is 22.4 Å². The second-order valence-corrected chi connectivity index (χ2v) is 11.2. The standard InChI is InChI=1S/C19H28N2O5S/c1-18(2)10-14-11-19(3,12-18)13-21(14)17(22)15-4-5-16(26-15)27(23,24)20-6-8-25-9-7-20/h4-5,14H,6-13H2,1-3H3. The van der Waals surface area contributed by atoms with Gasteiger partial charge in [-0.05, 0) is 42.2 Å². The summed E-state index contributed by atoms with van der Waals surface area (Å²) in [4.78, 5) is 15.0. The summed E-state index contributed by atoms with van der Waals surface area (Å²) in [5.74, 6) is -0.0966. The minimum atomic E-state index is -3.73. The second-order valence-electron chi connectivity index (χ2n) is 9.28. The SMILES string of the molecule is CC1(C)CC2CC(C)(CN2C(=O)c2ccc(S(=O)(=O)N3CCOCC3)o2)C1. The predicted octanol–water partition coefficient (Wildman–Crippen LogP) is 2.34. The number of carbonyl (C=O) groups is 1. The Labute approximate surface area is 160 Å². The molecule has 0 spiro atoms. The number of amides is 1. The van der Waals surface area contributed by atoms with Gasteiger partial charge in [0.25, 0.3) is 15.9 Å². The molecule has 3 aliphatic rings. The zero-order valence-electron chi connectivity index (χ0n) is 16.2. The van der Waals surface area contributed by atoms with E-state index in [4.69, 9.17) is 9.15 Å². The van der Waals surface area contributed by atoms with E-state index in [1.165, 1.54) is 16.4 Å². The molecule has 3 heterocycles. The van der Waals surface area contributed by atoms with Crippen LogP contribution in [0, 0.1) is 10.8 Å². The monoisotopic (exact) mass is 396 g/mol. The molecule has 8 heteroatoms. The Balaban J connectivity index is 1.54. The van der Waals surface area contributed by atoms with Crippen molar-refractivity contribution in [3.8, 4) is 0 Å². The minimum absolute atomic E-state index is 0.107. The van der Waals surface area contributed by atoms with Gasteiger partial charge in [0, 0.05) is 25.7 Å². The molecule has 2 saturated heterocycles. The summed E-state index contributed by atoms with van der Waals surface area (Å²) in [6, 6.07) is 3.08. The van der Waals surface area contributed by atoms with Gasteiger partial charge in [0.1, 0.15) is 0 Å². The van der Waals surface area contributed by atoms with E-state index in [2.05, 4.69) is 20.8 Å². The van der Waals surface area contributed by atoms with Crippen molar-refractivity contribution >= 4 is 15.9 Å². The van der Waals surface area contributed by atoms with Gasteiger partial charge in [-0.3, -0.25) is 4.79 Å². The summed E-state index contributed by atoms with van der Waals surface area (Å²) in [7, 11) is -3.73. The number of hydrogen-bond acceptors (Lipinski definition) is 5. The molecule has 2 atom stereocenters. The van der Waals surface area contributed by atoms with E-state index < -0.39 is 10.0 Å². The molecule has 27 heavy (non-hydrogen) atoms. The number of hydrogen-bond donors (Lipinski definition) is 0. The summed E-state index contributed by atoms with van der Waals surface area (Å²) in [6.45, 7) is 8.79. The van der Waals surface area contributed by atoms with E-state index in [0.29, 0.717) is 32.8 Å². The largest absolute Gasteiger partial charge is 0.438 e. The Hall–Kier alpha value is -1.38. The number of fused-ring (bicyclic) bond motifs is 2. The molecule has 1 saturated carbocycles. The molecule has 3 fully saturated rings. The molecule has 2 aliphatic heterocycles. The van der Waals surface area contributed by atoms with Gasteiger partial charge >= 0.3 is 0 Å². The van der Waals surface area contributed by atoms with Crippen LogP contribution < -0.4 is 0 Å². The van der Waals surface area contributed by atoms with E-state index in [1.54, 1.807) is 0 Å². The van der Waals surface area contributed by atoms with E-state index in [1.807, 2.05) is 4.90 Å². The van der Waals surface area contributed by atoms with Crippen LogP contribution in [-0.2, 0) is 14.8 Å². The summed E-state index contributed by atoms with van der Waals surface area (Å²) < 4.78 is 37.5. The highest BCUT2D eigenvalue weighted by molar-refractivity contribution is 7.89. The highest BCUT2D eigenvalue weighted by Gasteiger charge is 2.51. The number of morpholine rings is 1. The smallest absolute Gasteiger partial charge is 0.289 e. The highest BCUT2D eigenvalue weighted by Crippen LogP contribution is 2.52. The van der Waals surface area contributed by atoms with Gasteiger partial charge in [-0.15, -0.1) is 0 Å². The van der Waals surface area contributed by atoms with Crippen LogP contribution in [-0.4, -0.2) is 62.4 Å². The Bertz CT molecular complexity index is 840. The Morgan fingerprint density at radius 3 is 2.56 bits per heavy atom. The number of furan rings is 1. The third-order valence-electron chi connectivity index (χ3n) is 6.03. The maximum Gasteiger partial charge on any atom is 0.289 e. The molecule has 4 rings (SSSR count). The van der Waals surface area contributed by atoms with Crippen molar-refractivity contribution in [3.63, 3.8) is 0 Å². The first-order valence-corrected chi connectivity index (χ1v) is 11.0. The van der Waals surface area contributed by atoms with Crippen LogP contribution in [0.5, 0.6) is 0 Å². The average molecular weight is 397 g/mol. The molecule has 1 amide bonds. The van der Waals surface area contributed by atoms with Crippen LogP contribution in [0.1, 0.15) is 50.6 Å². The van der Waals surface area contributed by atoms with Crippen LogP contribution in [0.4, 0.5) is 0 Å². The lowest BCUT2D eigenvalue weighted by Crippen LogP contribution is -2.40. The minimum Gasteiger partial charge on any atom is -0.438 e. The molecular formula is C19H28N2O5S. The van der Waals surface area contributed by atoms with Crippen molar-refractivity contribution in [1.82, 2.24) is 9.21 Å². The van der Waals surface area contributed by atoms with E-state index in [-0.39, 0.29) is 33.6 Å². The molecule has 1 aliphatic carbocycles. The van der Waals surface area contributed by atoms with Crippen LogP contribution in [0.25, 0.3) is 0 Å². The van der Waals surface area contributed by atoms with Gasteiger partial charge in [0.05, 0.1) is 13.2 Å². The normalized spacial score (nSPS) is 31.2. The third-order valence-corrected chi connectivity index (χ3v) is 7.80.